The van der Waals surface area contributed by atoms with Gasteiger partial charge in [-0.3, -0.25) is 4.68 Å². The van der Waals surface area contributed by atoms with Crippen molar-refractivity contribution in [2.75, 3.05) is 5.73 Å². The molecule has 1 aromatic heterocycles. The molecule has 0 amide bonds. The minimum absolute atomic E-state index is 0.203. The first-order valence-corrected chi connectivity index (χ1v) is 5.82. The number of anilines is 1. The molecule has 0 aliphatic heterocycles. The zero-order valence-electron chi connectivity index (χ0n) is 10.6. The van der Waals surface area contributed by atoms with E-state index in [1.807, 2.05) is 10.9 Å². The molecule has 0 aliphatic carbocycles. The highest BCUT2D eigenvalue weighted by molar-refractivity contribution is 5.31. The van der Waals surface area contributed by atoms with Gasteiger partial charge in [0, 0.05) is 6.20 Å². The first-order valence-electron chi connectivity index (χ1n) is 5.82. The van der Waals surface area contributed by atoms with Crippen molar-refractivity contribution >= 4 is 5.69 Å². The number of rotatable bonds is 2. The molecule has 0 spiro atoms. The monoisotopic (exact) mass is 229 g/mol. The Morgan fingerprint density at radius 3 is 2.29 bits per heavy atom. The highest BCUT2D eigenvalue weighted by Crippen LogP contribution is 2.22. The zero-order valence-corrected chi connectivity index (χ0v) is 10.6. The summed E-state index contributed by atoms with van der Waals surface area (Å²) in [6, 6.07) is 8.67. The second-order valence-corrected chi connectivity index (χ2v) is 5.42. The third-order valence-electron chi connectivity index (χ3n) is 2.82. The van der Waals surface area contributed by atoms with E-state index in [-0.39, 0.29) is 5.41 Å². The topological polar surface area (TPSA) is 43.8 Å². The van der Waals surface area contributed by atoms with E-state index in [9.17, 15) is 0 Å². The predicted octanol–water partition coefficient (Wildman–Crippen LogP) is 2.81. The lowest BCUT2D eigenvalue weighted by Gasteiger charge is -2.19. The van der Waals surface area contributed by atoms with Crippen LogP contribution in [0.1, 0.15) is 31.9 Å². The van der Waals surface area contributed by atoms with Crippen LogP contribution >= 0.6 is 0 Å². The number of hydrogen-bond acceptors (Lipinski definition) is 2. The van der Waals surface area contributed by atoms with E-state index in [1.54, 1.807) is 6.20 Å². The molecule has 17 heavy (non-hydrogen) atoms. The summed E-state index contributed by atoms with van der Waals surface area (Å²) in [5.74, 6) is 0. The van der Waals surface area contributed by atoms with Crippen LogP contribution in [-0.4, -0.2) is 9.78 Å². The molecule has 2 aromatic rings. The zero-order chi connectivity index (χ0) is 12.5. The van der Waals surface area contributed by atoms with Crippen molar-refractivity contribution in [1.29, 1.82) is 0 Å². The summed E-state index contributed by atoms with van der Waals surface area (Å²) in [7, 11) is 0. The van der Waals surface area contributed by atoms with Crippen molar-refractivity contribution in [1.82, 2.24) is 9.78 Å². The molecule has 3 nitrogen and oxygen atoms in total. The molecular formula is C14H19N3. The Labute approximate surface area is 102 Å². The number of hydrogen-bond donors (Lipinski definition) is 1. The van der Waals surface area contributed by atoms with E-state index in [0.29, 0.717) is 5.69 Å². The maximum Gasteiger partial charge on any atom is 0.0719 e. The molecule has 2 N–H and O–H groups in total. The predicted molar refractivity (Wildman–Crippen MR) is 70.9 cm³/mol. The largest absolute Gasteiger partial charge is 0.396 e. The molecular weight excluding hydrogens is 210 g/mol. The van der Waals surface area contributed by atoms with Crippen LogP contribution in [0.3, 0.4) is 0 Å². The number of nitrogens with zero attached hydrogens (tertiary/aromatic N) is 2. The van der Waals surface area contributed by atoms with Crippen molar-refractivity contribution in [3.8, 4) is 0 Å². The summed E-state index contributed by atoms with van der Waals surface area (Å²) >= 11 is 0. The highest BCUT2D eigenvalue weighted by Gasteiger charge is 2.12. The standard InChI is InChI=1S/C14H19N3/c1-14(2,3)12-6-4-11(5-7-12)9-17-10-13(15)8-16-17/h4-8,10H,9,15H2,1-3H3. The lowest BCUT2D eigenvalue weighted by molar-refractivity contribution is 0.589. The fraction of sp³-hybridized carbons (Fsp3) is 0.357. The summed E-state index contributed by atoms with van der Waals surface area (Å²) in [5.41, 5.74) is 9.12. The van der Waals surface area contributed by atoms with Crippen molar-refractivity contribution in [3.05, 3.63) is 47.8 Å². The van der Waals surface area contributed by atoms with Gasteiger partial charge in [0.15, 0.2) is 0 Å². The summed E-state index contributed by atoms with van der Waals surface area (Å²) in [4.78, 5) is 0. The fourth-order valence-electron chi connectivity index (χ4n) is 1.76. The van der Waals surface area contributed by atoms with Crippen molar-refractivity contribution < 1.29 is 0 Å². The van der Waals surface area contributed by atoms with Crippen LogP contribution in [0, 0.1) is 0 Å². The molecule has 0 saturated carbocycles. The van der Waals surface area contributed by atoms with Gasteiger partial charge in [0.05, 0.1) is 18.4 Å². The van der Waals surface area contributed by atoms with Gasteiger partial charge in [-0.2, -0.15) is 5.10 Å². The van der Waals surface area contributed by atoms with E-state index in [4.69, 9.17) is 5.73 Å². The number of nitrogens with two attached hydrogens (primary N) is 1. The van der Waals surface area contributed by atoms with Crippen molar-refractivity contribution in [2.24, 2.45) is 0 Å². The van der Waals surface area contributed by atoms with Crippen molar-refractivity contribution in [2.45, 2.75) is 32.7 Å². The summed E-state index contributed by atoms with van der Waals surface area (Å²) < 4.78 is 1.85. The van der Waals surface area contributed by atoms with Gasteiger partial charge in [-0.15, -0.1) is 0 Å². The molecule has 1 heterocycles. The first kappa shape index (κ1) is 11.7. The summed E-state index contributed by atoms with van der Waals surface area (Å²) in [5, 5.41) is 4.17. The smallest absolute Gasteiger partial charge is 0.0719 e. The Bertz CT molecular complexity index is 489. The third-order valence-corrected chi connectivity index (χ3v) is 2.82. The third kappa shape index (κ3) is 2.87. The maximum absolute atomic E-state index is 5.63. The average Bonchev–Trinajstić information content (AvgIpc) is 2.63. The second kappa shape index (κ2) is 4.24. The van der Waals surface area contributed by atoms with Crippen LogP contribution < -0.4 is 5.73 Å². The lowest BCUT2D eigenvalue weighted by Crippen LogP contribution is -2.11. The molecule has 0 radical (unpaired) electrons. The van der Waals surface area contributed by atoms with Crippen LogP contribution in [0.25, 0.3) is 0 Å². The van der Waals surface area contributed by atoms with Gasteiger partial charge >= 0.3 is 0 Å². The lowest BCUT2D eigenvalue weighted by atomic mass is 9.87. The van der Waals surface area contributed by atoms with E-state index in [1.165, 1.54) is 11.1 Å². The van der Waals surface area contributed by atoms with Gasteiger partial charge in [0.25, 0.3) is 0 Å². The Morgan fingerprint density at radius 1 is 1.18 bits per heavy atom. The SMILES string of the molecule is CC(C)(C)c1ccc(Cn2cc(N)cn2)cc1. The van der Waals surface area contributed by atoms with Gasteiger partial charge < -0.3 is 5.73 Å². The van der Waals surface area contributed by atoms with E-state index >= 15 is 0 Å². The Kier molecular flexibility index (Phi) is 2.92. The van der Waals surface area contributed by atoms with E-state index in [0.717, 1.165) is 6.54 Å². The maximum atomic E-state index is 5.63. The molecule has 2 rings (SSSR count). The van der Waals surface area contributed by atoms with Crippen LogP contribution in [0.4, 0.5) is 5.69 Å². The van der Waals surface area contributed by atoms with Gasteiger partial charge in [0.1, 0.15) is 0 Å². The van der Waals surface area contributed by atoms with Gasteiger partial charge in [-0.05, 0) is 16.5 Å². The van der Waals surface area contributed by atoms with Crippen LogP contribution in [-0.2, 0) is 12.0 Å². The minimum atomic E-state index is 0.203. The van der Waals surface area contributed by atoms with Gasteiger partial charge in [-0.25, -0.2) is 0 Å². The van der Waals surface area contributed by atoms with Crippen LogP contribution in [0.5, 0.6) is 0 Å². The molecule has 0 bridgehead atoms. The van der Waals surface area contributed by atoms with Gasteiger partial charge in [0.2, 0.25) is 0 Å². The molecule has 0 saturated heterocycles. The number of benzene rings is 1. The fourth-order valence-corrected chi connectivity index (χ4v) is 1.76. The second-order valence-electron chi connectivity index (χ2n) is 5.42. The van der Waals surface area contributed by atoms with Crippen LogP contribution in [0.15, 0.2) is 36.7 Å². The molecule has 1 aromatic carbocycles. The van der Waals surface area contributed by atoms with Crippen molar-refractivity contribution in [3.63, 3.8) is 0 Å². The quantitative estimate of drug-likeness (QED) is 0.860. The molecule has 0 unspecified atom stereocenters. The molecule has 90 valence electrons. The van der Waals surface area contributed by atoms with Gasteiger partial charge in [-0.1, -0.05) is 45.0 Å². The number of nitrogen functional groups attached to an aromatic ring is 1. The Morgan fingerprint density at radius 2 is 1.82 bits per heavy atom. The van der Waals surface area contributed by atoms with E-state index < -0.39 is 0 Å². The molecule has 0 aliphatic rings. The van der Waals surface area contributed by atoms with Crippen LogP contribution in [0.2, 0.25) is 0 Å². The Balaban J connectivity index is 2.13. The molecule has 3 heteroatoms. The normalized spacial score (nSPS) is 11.7. The van der Waals surface area contributed by atoms with E-state index in [2.05, 4.69) is 50.1 Å². The summed E-state index contributed by atoms with van der Waals surface area (Å²) in [6.07, 6.45) is 3.52. The molecule has 0 atom stereocenters. The minimum Gasteiger partial charge on any atom is -0.396 e. The average molecular weight is 229 g/mol. The highest BCUT2D eigenvalue weighted by atomic mass is 15.3. The molecule has 0 fully saturated rings. The summed E-state index contributed by atoms with van der Waals surface area (Å²) in [6.45, 7) is 7.42. The Hall–Kier alpha value is -1.77. The first-order chi connectivity index (χ1) is 7.95. The number of aromatic nitrogens is 2.